The molecule has 82 valence electrons. The van der Waals surface area contributed by atoms with E-state index >= 15 is 0 Å². The molecule has 1 aromatic rings. The van der Waals surface area contributed by atoms with Gasteiger partial charge in [-0.2, -0.15) is 0 Å². The van der Waals surface area contributed by atoms with E-state index in [9.17, 15) is 4.79 Å². The molecule has 0 saturated carbocycles. The van der Waals surface area contributed by atoms with Gasteiger partial charge in [0.05, 0.1) is 0 Å². The molecule has 5 heteroatoms. The minimum Gasteiger partial charge on any atom is -0.448 e. The van der Waals surface area contributed by atoms with E-state index in [-0.39, 0.29) is 11.9 Å². The van der Waals surface area contributed by atoms with Gasteiger partial charge < -0.3 is 15.1 Å². The molecule has 1 aliphatic heterocycles. The number of nitrogens with zero attached hydrogens (tertiary/aromatic N) is 1. The minimum absolute atomic E-state index is 0.144. The maximum absolute atomic E-state index is 11.7. The van der Waals surface area contributed by atoms with Crippen molar-refractivity contribution in [3.63, 3.8) is 0 Å². The van der Waals surface area contributed by atoms with E-state index in [1.54, 1.807) is 6.92 Å². The lowest BCUT2D eigenvalue weighted by atomic mass is 10.1. The van der Waals surface area contributed by atoms with E-state index in [0.29, 0.717) is 11.5 Å². The summed E-state index contributed by atoms with van der Waals surface area (Å²) in [6.45, 7) is 3.61. The van der Waals surface area contributed by atoms with Crippen LogP contribution < -0.4 is 10.6 Å². The van der Waals surface area contributed by atoms with E-state index in [4.69, 9.17) is 4.42 Å². The number of carbonyl (C=O) groups excluding carboxylic acids is 1. The molecule has 1 saturated heterocycles. The highest BCUT2D eigenvalue weighted by Crippen LogP contribution is 2.06. The van der Waals surface area contributed by atoms with Crippen LogP contribution in [0, 0.1) is 6.92 Å². The number of rotatable bonds is 2. The van der Waals surface area contributed by atoms with Crippen LogP contribution in [0.3, 0.4) is 0 Å². The third kappa shape index (κ3) is 2.36. The number of amides is 1. The summed E-state index contributed by atoms with van der Waals surface area (Å²) in [6.07, 6.45) is 3.42. The zero-order valence-corrected chi connectivity index (χ0v) is 8.75. The Kier molecular flexibility index (Phi) is 3.01. The van der Waals surface area contributed by atoms with Crippen molar-refractivity contribution in [2.24, 2.45) is 0 Å². The summed E-state index contributed by atoms with van der Waals surface area (Å²) < 4.78 is 4.99. The monoisotopic (exact) mass is 209 g/mol. The summed E-state index contributed by atoms with van der Waals surface area (Å²) in [7, 11) is 0. The van der Waals surface area contributed by atoms with Crippen LogP contribution in [0.25, 0.3) is 0 Å². The van der Waals surface area contributed by atoms with Crippen LogP contribution in [0.4, 0.5) is 0 Å². The highest BCUT2D eigenvalue weighted by Gasteiger charge is 2.19. The third-order valence-corrected chi connectivity index (χ3v) is 2.59. The van der Waals surface area contributed by atoms with Crippen molar-refractivity contribution in [3.05, 3.63) is 17.8 Å². The molecule has 0 aromatic carbocycles. The van der Waals surface area contributed by atoms with Gasteiger partial charge in [0.25, 0.3) is 5.91 Å². The smallest absolute Gasteiger partial charge is 0.273 e. The Hall–Kier alpha value is -1.36. The van der Waals surface area contributed by atoms with Gasteiger partial charge >= 0.3 is 0 Å². The summed E-state index contributed by atoms with van der Waals surface area (Å²) in [5.41, 5.74) is 0.389. The third-order valence-electron chi connectivity index (χ3n) is 2.59. The molecule has 1 amide bonds. The van der Waals surface area contributed by atoms with Crippen LogP contribution in [0.2, 0.25) is 0 Å². The largest absolute Gasteiger partial charge is 0.448 e. The predicted octanol–water partition coefficient (Wildman–Crippen LogP) is 0.465. The van der Waals surface area contributed by atoms with E-state index in [0.717, 1.165) is 25.9 Å². The van der Waals surface area contributed by atoms with Crippen molar-refractivity contribution >= 4 is 5.91 Å². The Morgan fingerprint density at radius 3 is 3.20 bits per heavy atom. The molecular formula is C10H15N3O2. The van der Waals surface area contributed by atoms with Crippen molar-refractivity contribution in [1.29, 1.82) is 0 Å². The lowest BCUT2D eigenvalue weighted by molar-refractivity contribution is 0.0924. The number of oxazole rings is 1. The molecule has 1 aromatic heterocycles. The van der Waals surface area contributed by atoms with Gasteiger partial charge in [-0.25, -0.2) is 4.98 Å². The number of hydrogen-bond donors (Lipinski definition) is 2. The second-order valence-corrected chi connectivity index (χ2v) is 3.77. The Bertz CT molecular complexity index is 342. The van der Waals surface area contributed by atoms with E-state index < -0.39 is 0 Å². The summed E-state index contributed by atoms with van der Waals surface area (Å²) in [4.78, 5) is 15.6. The van der Waals surface area contributed by atoms with Crippen molar-refractivity contribution in [2.45, 2.75) is 25.8 Å². The number of carbonyl (C=O) groups is 1. The van der Waals surface area contributed by atoms with Gasteiger partial charge in [-0.15, -0.1) is 0 Å². The average Bonchev–Trinajstić information content (AvgIpc) is 2.66. The van der Waals surface area contributed by atoms with E-state index in [1.807, 2.05) is 0 Å². The second kappa shape index (κ2) is 4.44. The van der Waals surface area contributed by atoms with Gasteiger partial charge in [-0.05, 0) is 26.3 Å². The topological polar surface area (TPSA) is 67.2 Å². The van der Waals surface area contributed by atoms with Crippen molar-refractivity contribution in [2.75, 3.05) is 13.1 Å². The molecule has 1 unspecified atom stereocenters. The highest BCUT2D eigenvalue weighted by atomic mass is 16.3. The molecule has 0 bridgehead atoms. The van der Waals surface area contributed by atoms with E-state index in [2.05, 4.69) is 15.6 Å². The zero-order chi connectivity index (χ0) is 10.7. The molecular weight excluding hydrogens is 194 g/mol. The number of piperidine rings is 1. The van der Waals surface area contributed by atoms with Crippen molar-refractivity contribution in [1.82, 2.24) is 15.6 Å². The molecule has 1 atom stereocenters. The molecule has 5 nitrogen and oxygen atoms in total. The second-order valence-electron chi connectivity index (χ2n) is 3.77. The Labute approximate surface area is 88.3 Å². The zero-order valence-electron chi connectivity index (χ0n) is 8.75. The number of aryl methyl sites for hydroxylation is 1. The van der Waals surface area contributed by atoms with Gasteiger partial charge in [0, 0.05) is 12.6 Å². The maximum atomic E-state index is 11.7. The molecule has 1 fully saturated rings. The normalized spacial score (nSPS) is 21.3. The van der Waals surface area contributed by atoms with Gasteiger partial charge in [0.2, 0.25) is 0 Å². The van der Waals surface area contributed by atoms with Crippen LogP contribution >= 0.6 is 0 Å². The first kappa shape index (κ1) is 10.2. The standard InChI is InChI=1S/C10H15N3O2/c1-7-9(12-6-15-7)10(14)13-8-3-2-4-11-5-8/h6,8,11H,2-5H2,1H3,(H,13,14). The average molecular weight is 209 g/mol. The van der Waals surface area contributed by atoms with Crippen molar-refractivity contribution < 1.29 is 9.21 Å². The number of aromatic nitrogens is 1. The lowest BCUT2D eigenvalue weighted by Crippen LogP contribution is -2.45. The minimum atomic E-state index is -0.144. The quantitative estimate of drug-likeness (QED) is 0.742. The number of hydrogen-bond acceptors (Lipinski definition) is 4. The summed E-state index contributed by atoms with van der Waals surface area (Å²) in [5.74, 6) is 0.422. The van der Waals surface area contributed by atoms with E-state index in [1.165, 1.54) is 6.39 Å². The lowest BCUT2D eigenvalue weighted by Gasteiger charge is -2.23. The van der Waals surface area contributed by atoms with Gasteiger partial charge in [-0.3, -0.25) is 4.79 Å². The summed E-state index contributed by atoms with van der Waals surface area (Å²) in [6, 6.07) is 0.211. The van der Waals surface area contributed by atoms with Crippen LogP contribution in [0.1, 0.15) is 29.1 Å². The first-order chi connectivity index (χ1) is 7.27. The SMILES string of the molecule is Cc1ocnc1C(=O)NC1CCCNC1. The van der Waals surface area contributed by atoms with Crippen molar-refractivity contribution in [3.8, 4) is 0 Å². The van der Waals surface area contributed by atoms with Crippen LogP contribution in [0.5, 0.6) is 0 Å². The fourth-order valence-corrected chi connectivity index (χ4v) is 1.75. The Balaban J connectivity index is 1.94. The summed E-state index contributed by atoms with van der Waals surface area (Å²) >= 11 is 0. The van der Waals surface area contributed by atoms with Crippen LogP contribution in [0.15, 0.2) is 10.8 Å². The fraction of sp³-hybridized carbons (Fsp3) is 0.600. The molecule has 2 N–H and O–H groups in total. The molecule has 1 aliphatic rings. The summed E-state index contributed by atoms with van der Waals surface area (Å²) in [5, 5.41) is 6.18. The first-order valence-corrected chi connectivity index (χ1v) is 5.19. The molecule has 0 spiro atoms. The van der Waals surface area contributed by atoms with Gasteiger partial charge in [-0.1, -0.05) is 0 Å². The Morgan fingerprint density at radius 1 is 1.73 bits per heavy atom. The molecule has 0 aliphatic carbocycles. The van der Waals surface area contributed by atoms with Gasteiger partial charge in [0.1, 0.15) is 5.76 Å². The van der Waals surface area contributed by atoms with Crippen LogP contribution in [-0.2, 0) is 0 Å². The highest BCUT2D eigenvalue weighted by molar-refractivity contribution is 5.93. The van der Waals surface area contributed by atoms with Gasteiger partial charge in [0.15, 0.2) is 12.1 Å². The fourth-order valence-electron chi connectivity index (χ4n) is 1.75. The molecule has 15 heavy (non-hydrogen) atoms. The molecule has 2 heterocycles. The maximum Gasteiger partial charge on any atom is 0.273 e. The molecule has 2 rings (SSSR count). The predicted molar refractivity (Wildman–Crippen MR) is 54.6 cm³/mol. The number of nitrogens with one attached hydrogen (secondary N) is 2. The Morgan fingerprint density at radius 2 is 2.60 bits per heavy atom. The first-order valence-electron chi connectivity index (χ1n) is 5.19. The molecule has 0 radical (unpaired) electrons. The van der Waals surface area contributed by atoms with Crippen LogP contribution in [-0.4, -0.2) is 30.0 Å².